The fourth-order valence-electron chi connectivity index (χ4n) is 5.01. The van der Waals surface area contributed by atoms with Gasteiger partial charge in [-0.3, -0.25) is 5.32 Å². The molecule has 0 radical (unpaired) electrons. The Labute approximate surface area is 172 Å². The van der Waals surface area contributed by atoms with Crippen LogP contribution in [-0.2, 0) is 5.66 Å². The number of aromatic nitrogens is 4. The van der Waals surface area contributed by atoms with Gasteiger partial charge in [0.05, 0.1) is 29.1 Å². The highest BCUT2D eigenvalue weighted by molar-refractivity contribution is 5.81. The number of rotatable bonds is 4. The summed E-state index contributed by atoms with van der Waals surface area (Å²) >= 11 is 0. The minimum atomic E-state index is -1.25. The van der Waals surface area contributed by atoms with E-state index in [1.165, 1.54) is 24.8 Å². The van der Waals surface area contributed by atoms with E-state index in [-0.39, 0.29) is 11.8 Å². The number of carbonyl (C=O) groups is 1. The number of amides is 1. The van der Waals surface area contributed by atoms with Gasteiger partial charge in [-0.25, -0.2) is 24.1 Å². The van der Waals surface area contributed by atoms with Crippen LogP contribution < -0.4 is 11.1 Å². The first-order valence-electron chi connectivity index (χ1n) is 9.90. The second-order valence-electron chi connectivity index (χ2n) is 8.09. The molecular weight excluding hydrogens is 387 g/mol. The lowest BCUT2D eigenvalue weighted by atomic mass is 9.88. The lowest BCUT2D eigenvalue weighted by Gasteiger charge is -2.36. The van der Waals surface area contributed by atoms with Crippen LogP contribution in [0.4, 0.5) is 15.1 Å². The summed E-state index contributed by atoms with van der Waals surface area (Å²) in [6.45, 7) is 0. The summed E-state index contributed by atoms with van der Waals surface area (Å²) in [5.74, 6) is 0.573. The summed E-state index contributed by atoms with van der Waals surface area (Å²) in [6, 6.07) is 7.78. The van der Waals surface area contributed by atoms with Crippen molar-refractivity contribution in [1.82, 2.24) is 19.5 Å². The Morgan fingerprint density at radius 2 is 2.03 bits per heavy atom. The molecule has 2 aliphatic carbocycles. The second kappa shape index (κ2) is 6.88. The van der Waals surface area contributed by atoms with Crippen molar-refractivity contribution >= 4 is 12.0 Å². The van der Waals surface area contributed by atoms with Crippen LogP contribution in [0.5, 0.6) is 0 Å². The maximum atomic E-state index is 13.5. The van der Waals surface area contributed by atoms with Crippen LogP contribution in [0.15, 0.2) is 42.9 Å². The zero-order valence-corrected chi connectivity index (χ0v) is 16.1. The van der Waals surface area contributed by atoms with Crippen molar-refractivity contribution in [3.8, 4) is 22.6 Å². The Hall–Kier alpha value is -3.33. The molecule has 0 spiro atoms. The Bertz CT molecular complexity index is 1110. The molecule has 9 heteroatoms. The number of hydrogen-bond acceptors (Lipinski definition) is 5. The summed E-state index contributed by atoms with van der Waals surface area (Å²) in [6.07, 6.45) is 6.18. The van der Waals surface area contributed by atoms with Crippen molar-refractivity contribution in [2.75, 3.05) is 5.32 Å². The molecule has 30 heavy (non-hydrogen) atoms. The van der Waals surface area contributed by atoms with E-state index < -0.39 is 11.8 Å². The SMILES string of the molecule is NC1(n2cnc(-c3ccc(F)cc3)c2-c2ccnc(NC(=O)O)n2)CC2CCC1C2. The minimum Gasteiger partial charge on any atom is -0.465 e. The summed E-state index contributed by atoms with van der Waals surface area (Å²) in [5, 5.41) is 11.2. The monoisotopic (exact) mass is 408 g/mol. The second-order valence-corrected chi connectivity index (χ2v) is 8.09. The summed E-state index contributed by atoms with van der Waals surface area (Å²) in [5.41, 5.74) is 8.87. The van der Waals surface area contributed by atoms with E-state index in [2.05, 4.69) is 20.3 Å². The Morgan fingerprint density at radius 3 is 2.70 bits per heavy atom. The topological polar surface area (TPSA) is 119 Å². The maximum Gasteiger partial charge on any atom is 0.411 e. The standard InChI is InChI=1S/C21H21FN6O2/c22-15-5-2-13(3-6-15)17-18(16-7-8-24-19(26-16)27-20(29)30)28(11-25-17)21(23)10-12-1-4-14(21)9-12/h2-3,5-8,11-12,14H,1,4,9-10,23H2,(H,29,30)(H,24,26,27). The van der Waals surface area contributed by atoms with Gasteiger partial charge < -0.3 is 15.4 Å². The summed E-state index contributed by atoms with van der Waals surface area (Å²) in [4.78, 5) is 24.0. The quantitative estimate of drug-likeness (QED) is 0.606. The molecule has 2 aliphatic rings. The van der Waals surface area contributed by atoms with Gasteiger partial charge in [0.15, 0.2) is 0 Å². The van der Waals surface area contributed by atoms with Crippen molar-refractivity contribution in [2.45, 2.75) is 31.3 Å². The molecule has 3 atom stereocenters. The van der Waals surface area contributed by atoms with E-state index >= 15 is 0 Å². The molecule has 2 saturated carbocycles. The first-order valence-corrected chi connectivity index (χ1v) is 9.90. The minimum absolute atomic E-state index is 0.0307. The first kappa shape index (κ1) is 18.7. The number of fused-ring (bicyclic) bond motifs is 2. The zero-order chi connectivity index (χ0) is 20.9. The third kappa shape index (κ3) is 3.02. The van der Waals surface area contributed by atoms with Crippen molar-refractivity contribution in [3.05, 3.63) is 48.7 Å². The fraction of sp³-hybridized carbons (Fsp3) is 0.333. The van der Waals surface area contributed by atoms with Gasteiger partial charge in [0, 0.05) is 11.8 Å². The largest absolute Gasteiger partial charge is 0.465 e. The molecule has 0 saturated heterocycles. The molecule has 3 aromatic rings. The molecule has 1 aromatic carbocycles. The van der Waals surface area contributed by atoms with Crippen LogP contribution in [-0.4, -0.2) is 30.7 Å². The predicted octanol–water partition coefficient (Wildman–Crippen LogP) is 3.67. The van der Waals surface area contributed by atoms with Gasteiger partial charge in [0.1, 0.15) is 5.82 Å². The molecule has 8 nitrogen and oxygen atoms in total. The highest BCUT2D eigenvalue weighted by Gasteiger charge is 2.50. The highest BCUT2D eigenvalue weighted by Crippen LogP contribution is 2.53. The van der Waals surface area contributed by atoms with E-state index in [0.29, 0.717) is 28.9 Å². The summed E-state index contributed by atoms with van der Waals surface area (Å²) in [7, 11) is 0. The molecule has 4 N–H and O–H groups in total. The molecule has 0 aliphatic heterocycles. The molecule has 2 aromatic heterocycles. The predicted molar refractivity (Wildman–Crippen MR) is 108 cm³/mol. The van der Waals surface area contributed by atoms with Gasteiger partial charge in [-0.1, -0.05) is 0 Å². The van der Waals surface area contributed by atoms with Crippen molar-refractivity contribution in [2.24, 2.45) is 17.6 Å². The molecule has 1 amide bonds. The third-order valence-corrected chi connectivity index (χ3v) is 6.31. The zero-order valence-electron chi connectivity index (χ0n) is 16.1. The Morgan fingerprint density at radius 1 is 1.23 bits per heavy atom. The Kier molecular flexibility index (Phi) is 4.28. The van der Waals surface area contributed by atoms with Crippen LogP contribution in [0, 0.1) is 17.7 Å². The van der Waals surface area contributed by atoms with E-state index in [0.717, 1.165) is 24.8 Å². The number of nitrogens with zero attached hydrogens (tertiary/aromatic N) is 4. The van der Waals surface area contributed by atoms with E-state index in [1.807, 2.05) is 4.57 Å². The van der Waals surface area contributed by atoms with Gasteiger partial charge in [0.25, 0.3) is 0 Å². The number of anilines is 1. The number of carboxylic acid groups (broad SMARTS) is 1. The van der Waals surface area contributed by atoms with E-state index in [9.17, 15) is 9.18 Å². The fourth-order valence-corrected chi connectivity index (χ4v) is 5.01. The molecule has 2 bridgehead atoms. The maximum absolute atomic E-state index is 13.5. The molecule has 5 rings (SSSR count). The van der Waals surface area contributed by atoms with Gasteiger partial charge >= 0.3 is 6.09 Å². The lowest BCUT2D eigenvalue weighted by Crippen LogP contribution is -2.47. The summed E-state index contributed by atoms with van der Waals surface area (Å²) < 4.78 is 15.5. The number of halogens is 1. The average Bonchev–Trinajstić information content (AvgIpc) is 3.42. The van der Waals surface area contributed by atoms with Crippen molar-refractivity contribution in [3.63, 3.8) is 0 Å². The van der Waals surface area contributed by atoms with Crippen molar-refractivity contribution < 1.29 is 14.3 Å². The van der Waals surface area contributed by atoms with Crippen LogP contribution >= 0.6 is 0 Å². The average molecular weight is 408 g/mol. The Balaban J connectivity index is 1.68. The van der Waals surface area contributed by atoms with Crippen LogP contribution in [0.1, 0.15) is 25.7 Å². The molecular formula is C21H21FN6O2. The lowest BCUT2D eigenvalue weighted by molar-refractivity contribution is 0.179. The third-order valence-electron chi connectivity index (χ3n) is 6.31. The number of nitrogens with one attached hydrogen (secondary N) is 1. The van der Waals surface area contributed by atoms with Gasteiger partial charge in [-0.05, 0) is 67.9 Å². The molecule has 3 unspecified atom stereocenters. The van der Waals surface area contributed by atoms with Crippen LogP contribution in [0.2, 0.25) is 0 Å². The van der Waals surface area contributed by atoms with Gasteiger partial charge in [0.2, 0.25) is 5.95 Å². The first-order chi connectivity index (χ1) is 14.4. The number of benzene rings is 1. The number of nitrogens with two attached hydrogens (primary N) is 1. The normalized spacial score (nSPS) is 24.9. The van der Waals surface area contributed by atoms with E-state index in [1.54, 1.807) is 24.5 Å². The molecule has 2 heterocycles. The smallest absolute Gasteiger partial charge is 0.411 e. The van der Waals surface area contributed by atoms with Crippen LogP contribution in [0.25, 0.3) is 22.6 Å². The highest BCUT2D eigenvalue weighted by atomic mass is 19.1. The number of imidazole rings is 1. The van der Waals surface area contributed by atoms with Crippen molar-refractivity contribution in [1.29, 1.82) is 0 Å². The van der Waals surface area contributed by atoms with Crippen LogP contribution in [0.3, 0.4) is 0 Å². The van der Waals surface area contributed by atoms with Gasteiger partial charge in [-0.2, -0.15) is 0 Å². The molecule has 154 valence electrons. The van der Waals surface area contributed by atoms with Gasteiger partial charge in [-0.15, -0.1) is 0 Å². The van der Waals surface area contributed by atoms with E-state index in [4.69, 9.17) is 10.8 Å². The number of hydrogen-bond donors (Lipinski definition) is 3. The molecule has 2 fully saturated rings.